The quantitative estimate of drug-likeness (QED) is 0.845. The Labute approximate surface area is 156 Å². The minimum absolute atomic E-state index is 0.0347. The van der Waals surface area contributed by atoms with E-state index in [4.69, 9.17) is 0 Å². The Morgan fingerprint density at radius 3 is 2.35 bits per heavy atom. The van der Waals surface area contributed by atoms with E-state index in [9.17, 15) is 9.59 Å². The summed E-state index contributed by atoms with van der Waals surface area (Å²) >= 11 is 0. The van der Waals surface area contributed by atoms with Gasteiger partial charge in [0, 0.05) is 29.5 Å². The highest BCUT2D eigenvalue weighted by Crippen LogP contribution is 2.72. The Balaban J connectivity index is 1.15. The molecule has 2 amide bonds. The van der Waals surface area contributed by atoms with Gasteiger partial charge in [-0.15, -0.1) is 0 Å². The van der Waals surface area contributed by atoms with E-state index in [1.54, 1.807) is 0 Å². The summed E-state index contributed by atoms with van der Waals surface area (Å²) in [6.45, 7) is 6.81. The minimum atomic E-state index is 0.0347. The molecule has 2 saturated heterocycles. The van der Waals surface area contributed by atoms with Crippen LogP contribution in [0.15, 0.2) is 0 Å². The molecule has 6 fully saturated rings. The second kappa shape index (κ2) is 4.50. The number of rotatable bonds is 3. The first kappa shape index (κ1) is 15.9. The van der Waals surface area contributed by atoms with Crippen LogP contribution in [0, 0.1) is 34.5 Å². The summed E-state index contributed by atoms with van der Waals surface area (Å²) in [6, 6.07) is 0.793. The molecule has 4 heteroatoms. The van der Waals surface area contributed by atoms with Crippen LogP contribution in [0.25, 0.3) is 0 Å². The zero-order valence-corrected chi connectivity index (χ0v) is 16.4. The van der Waals surface area contributed by atoms with Gasteiger partial charge in [0.15, 0.2) is 0 Å². The van der Waals surface area contributed by atoms with Gasteiger partial charge in [-0.2, -0.15) is 0 Å². The third kappa shape index (κ3) is 1.87. The second-order valence-corrected chi connectivity index (χ2v) is 11.6. The van der Waals surface area contributed by atoms with E-state index in [2.05, 4.69) is 31.0 Å². The molecule has 0 spiro atoms. The van der Waals surface area contributed by atoms with Crippen molar-refractivity contribution in [1.82, 2.24) is 10.2 Å². The Bertz CT molecular complexity index is 709. The van der Waals surface area contributed by atoms with E-state index in [1.165, 1.54) is 0 Å². The van der Waals surface area contributed by atoms with Gasteiger partial charge < -0.3 is 10.2 Å². The highest BCUT2D eigenvalue weighted by atomic mass is 16.2. The van der Waals surface area contributed by atoms with Crippen LogP contribution in [-0.2, 0) is 9.59 Å². The first-order chi connectivity index (χ1) is 12.2. The van der Waals surface area contributed by atoms with Gasteiger partial charge in [-0.3, -0.25) is 9.59 Å². The molecule has 4 nitrogen and oxygen atoms in total. The number of carbonyl (C=O) groups excluding carboxylic acids is 2. The lowest BCUT2D eigenvalue weighted by molar-refractivity contribution is -0.147. The van der Waals surface area contributed by atoms with Gasteiger partial charge >= 0.3 is 0 Å². The molecule has 7 atom stereocenters. The molecule has 4 saturated carbocycles. The molecule has 0 aromatic heterocycles. The molecule has 0 aromatic rings. The summed E-state index contributed by atoms with van der Waals surface area (Å²) in [5.74, 6) is 2.96. The lowest BCUT2D eigenvalue weighted by Gasteiger charge is -2.45. The topological polar surface area (TPSA) is 49.4 Å². The highest BCUT2D eigenvalue weighted by molar-refractivity contribution is 5.89. The van der Waals surface area contributed by atoms with Gasteiger partial charge in [-0.25, -0.2) is 0 Å². The molecule has 0 aromatic carbocycles. The standard InChI is InChI=1S/C22H32N2O2/c1-12-6-21(10-15(12)21)19(26)24-14-4-5-17(24)16-11-22(16,9-14)23-18(25)13-7-20(2,3)8-13/h12-17H,4-11H2,1-3H3,(H,23,25)/t12-,14-,15-,16+,17+,21+,22-/m1/s1. The number of carbonyl (C=O) groups is 2. The van der Waals surface area contributed by atoms with Gasteiger partial charge in [0.2, 0.25) is 11.8 Å². The van der Waals surface area contributed by atoms with Crippen molar-refractivity contribution in [2.24, 2.45) is 34.5 Å². The minimum Gasteiger partial charge on any atom is -0.350 e. The molecule has 6 aliphatic rings. The molecule has 6 rings (SSSR count). The number of hydrogen-bond acceptors (Lipinski definition) is 2. The van der Waals surface area contributed by atoms with Gasteiger partial charge in [0.05, 0.1) is 5.41 Å². The van der Waals surface area contributed by atoms with E-state index in [-0.39, 0.29) is 16.9 Å². The van der Waals surface area contributed by atoms with Gasteiger partial charge in [-0.1, -0.05) is 20.8 Å². The van der Waals surface area contributed by atoms with Crippen LogP contribution in [0.3, 0.4) is 0 Å². The number of nitrogens with one attached hydrogen (secondary N) is 1. The van der Waals surface area contributed by atoms with Crippen molar-refractivity contribution in [3.05, 3.63) is 0 Å². The monoisotopic (exact) mass is 356 g/mol. The van der Waals surface area contributed by atoms with Crippen LogP contribution >= 0.6 is 0 Å². The van der Waals surface area contributed by atoms with Crippen molar-refractivity contribution in [3.8, 4) is 0 Å². The van der Waals surface area contributed by atoms with Crippen molar-refractivity contribution in [3.63, 3.8) is 0 Å². The summed E-state index contributed by atoms with van der Waals surface area (Å²) < 4.78 is 0. The maximum Gasteiger partial charge on any atom is 0.229 e. The van der Waals surface area contributed by atoms with Crippen molar-refractivity contribution in [2.45, 2.75) is 89.8 Å². The van der Waals surface area contributed by atoms with Gasteiger partial charge in [-0.05, 0) is 68.6 Å². The normalized spacial score (nSPS) is 52.3. The zero-order chi connectivity index (χ0) is 18.1. The van der Waals surface area contributed by atoms with Gasteiger partial charge in [0.1, 0.15) is 0 Å². The maximum atomic E-state index is 13.3. The van der Waals surface area contributed by atoms with Crippen LogP contribution in [0.1, 0.15) is 72.1 Å². The molecule has 0 unspecified atom stereocenters. The van der Waals surface area contributed by atoms with Crippen LogP contribution in [0.5, 0.6) is 0 Å². The van der Waals surface area contributed by atoms with Crippen molar-refractivity contribution in [1.29, 1.82) is 0 Å². The summed E-state index contributed by atoms with van der Waals surface area (Å²) in [5, 5.41) is 3.48. The zero-order valence-electron chi connectivity index (χ0n) is 16.4. The van der Waals surface area contributed by atoms with E-state index in [1.807, 2.05) is 0 Å². The Hall–Kier alpha value is -1.06. The van der Waals surface area contributed by atoms with E-state index >= 15 is 0 Å². The fraction of sp³-hybridized carbons (Fsp3) is 0.909. The van der Waals surface area contributed by atoms with E-state index in [0.29, 0.717) is 41.1 Å². The maximum absolute atomic E-state index is 13.3. The van der Waals surface area contributed by atoms with Crippen LogP contribution in [0.4, 0.5) is 0 Å². The first-order valence-electron chi connectivity index (χ1n) is 10.9. The summed E-state index contributed by atoms with van der Waals surface area (Å²) in [7, 11) is 0. The SMILES string of the molecule is C[C@@H]1C[C@]2(C(=O)N3[C@@H]4CC[C@H]3[C@@H]3C[C@]3(NC(=O)C3CC(C)(C)C3)C4)C[C@H]12. The summed E-state index contributed by atoms with van der Waals surface area (Å²) in [5.41, 5.74) is 0.431. The molecular weight excluding hydrogens is 324 g/mol. The number of piperidine rings is 1. The molecule has 0 radical (unpaired) electrons. The smallest absolute Gasteiger partial charge is 0.229 e. The Kier molecular flexibility index (Phi) is 2.76. The predicted molar refractivity (Wildman–Crippen MR) is 98.1 cm³/mol. The third-order valence-electron chi connectivity index (χ3n) is 9.25. The van der Waals surface area contributed by atoms with Crippen molar-refractivity contribution < 1.29 is 9.59 Å². The fourth-order valence-electron chi connectivity index (χ4n) is 7.78. The van der Waals surface area contributed by atoms with Crippen LogP contribution in [-0.4, -0.2) is 34.3 Å². The third-order valence-corrected chi connectivity index (χ3v) is 9.25. The average Bonchev–Trinajstić information content (AvgIpc) is 3.36. The largest absolute Gasteiger partial charge is 0.350 e. The van der Waals surface area contributed by atoms with E-state index < -0.39 is 0 Å². The van der Waals surface area contributed by atoms with Crippen LogP contribution < -0.4 is 5.32 Å². The molecule has 1 N–H and O–H groups in total. The lowest BCUT2D eigenvalue weighted by atomic mass is 9.64. The Morgan fingerprint density at radius 2 is 1.73 bits per heavy atom. The lowest BCUT2D eigenvalue weighted by Crippen LogP contribution is -2.58. The molecule has 2 bridgehead atoms. The second-order valence-electron chi connectivity index (χ2n) is 11.6. The average molecular weight is 357 g/mol. The molecule has 4 aliphatic carbocycles. The number of amides is 2. The summed E-state index contributed by atoms with van der Waals surface area (Å²) in [6.07, 6.45) is 8.75. The fourth-order valence-corrected chi connectivity index (χ4v) is 7.78. The molecule has 26 heavy (non-hydrogen) atoms. The first-order valence-corrected chi connectivity index (χ1v) is 10.9. The molecule has 142 valence electrons. The highest BCUT2D eigenvalue weighted by Gasteiger charge is 2.74. The number of nitrogens with zero attached hydrogens (tertiary/aromatic N) is 1. The van der Waals surface area contributed by atoms with Crippen LogP contribution in [0.2, 0.25) is 0 Å². The van der Waals surface area contributed by atoms with Gasteiger partial charge in [0.25, 0.3) is 0 Å². The number of fused-ring (bicyclic) bond motifs is 5. The molecule has 2 aliphatic heterocycles. The van der Waals surface area contributed by atoms with Crippen molar-refractivity contribution in [2.75, 3.05) is 0 Å². The van der Waals surface area contributed by atoms with Crippen molar-refractivity contribution >= 4 is 11.8 Å². The molecular formula is C22H32N2O2. The van der Waals surface area contributed by atoms with E-state index in [0.717, 1.165) is 57.3 Å². The predicted octanol–water partition coefficient (Wildman–Crippen LogP) is 3.11. The Morgan fingerprint density at radius 1 is 0.962 bits per heavy atom. The molecule has 2 heterocycles. The summed E-state index contributed by atoms with van der Waals surface area (Å²) in [4.78, 5) is 28.4. The number of hydrogen-bond donors (Lipinski definition) is 1.